The normalized spacial score (nSPS) is 11.6. The summed E-state index contributed by atoms with van der Waals surface area (Å²) in [6.45, 7) is 13.2. The van der Waals surface area contributed by atoms with E-state index in [-0.39, 0.29) is 11.3 Å². The number of hydrogen-bond donors (Lipinski definition) is 2. The van der Waals surface area contributed by atoms with E-state index < -0.39 is 0 Å². The number of phenolic OH excluding ortho intramolecular Hbond substituents is 1. The monoisotopic (exact) mass is 347 g/mol. The summed E-state index contributed by atoms with van der Waals surface area (Å²) in [5, 5.41) is 13.6. The molecule has 25 heavy (non-hydrogen) atoms. The van der Waals surface area contributed by atoms with Crippen LogP contribution in [-0.2, 0) is 16.6 Å². The molecule has 0 fully saturated rings. The molecule has 0 saturated carbocycles. The Morgan fingerprint density at radius 2 is 1.68 bits per heavy atom. The highest BCUT2D eigenvalue weighted by atomic mass is 16.3. The van der Waals surface area contributed by atoms with Gasteiger partial charge in [0.05, 0.1) is 6.42 Å². The highest BCUT2D eigenvalue weighted by Crippen LogP contribution is 2.36. The summed E-state index contributed by atoms with van der Waals surface area (Å²) < 4.78 is 0. The lowest BCUT2D eigenvalue weighted by molar-refractivity contribution is -0.120. The first kappa shape index (κ1) is 21.5. The van der Waals surface area contributed by atoms with Gasteiger partial charge < -0.3 is 10.4 Å². The Kier molecular flexibility index (Phi) is 8.47. The maximum Gasteiger partial charge on any atom is 0.224 e. The number of amides is 1. The van der Waals surface area contributed by atoms with Crippen LogP contribution in [0.1, 0.15) is 88.5 Å². The average molecular weight is 348 g/mol. The zero-order valence-corrected chi connectivity index (χ0v) is 17.1. The third kappa shape index (κ3) is 6.72. The number of carbonyl (C=O) groups is 1. The van der Waals surface area contributed by atoms with E-state index in [0.717, 1.165) is 35.2 Å². The molecule has 1 amide bonds. The Hall–Kier alpha value is -1.51. The van der Waals surface area contributed by atoms with Gasteiger partial charge in [-0.3, -0.25) is 4.79 Å². The minimum atomic E-state index is -0.113. The van der Waals surface area contributed by atoms with Gasteiger partial charge >= 0.3 is 0 Å². The molecular formula is C22H37NO2. The van der Waals surface area contributed by atoms with Crippen LogP contribution in [0.3, 0.4) is 0 Å². The number of aromatic hydroxyl groups is 1. The first-order valence-electron chi connectivity index (χ1n) is 9.77. The van der Waals surface area contributed by atoms with Gasteiger partial charge in [-0.05, 0) is 47.9 Å². The fourth-order valence-corrected chi connectivity index (χ4v) is 3.21. The average Bonchev–Trinajstić information content (AvgIpc) is 2.53. The smallest absolute Gasteiger partial charge is 0.224 e. The quantitative estimate of drug-likeness (QED) is 0.593. The molecule has 0 aromatic heterocycles. The van der Waals surface area contributed by atoms with Crippen molar-refractivity contribution >= 4 is 5.91 Å². The Balaban J connectivity index is 2.59. The van der Waals surface area contributed by atoms with Gasteiger partial charge in [-0.2, -0.15) is 0 Å². The lowest BCUT2D eigenvalue weighted by atomic mass is 9.82. The van der Waals surface area contributed by atoms with E-state index in [1.54, 1.807) is 0 Å². The molecule has 2 N–H and O–H groups in total. The van der Waals surface area contributed by atoms with Crippen molar-refractivity contribution in [1.82, 2.24) is 5.32 Å². The van der Waals surface area contributed by atoms with Crippen LogP contribution in [0.25, 0.3) is 0 Å². The van der Waals surface area contributed by atoms with Gasteiger partial charge in [-0.25, -0.2) is 0 Å². The third-order valence-corrected chi connectivity index (χ3v) is 4.90. The fourth-order valence-electron chi connectivity index (χ4n) is 3.21. The number of rotatable bonds is 9. The maximum absolute atomic E-state index is 12.3. The van der Waals surface area contributed by atoms with Crippen LogP contribution in [0.4, 0.5) is 0 Å². The van der Waals surface area contributed by atoms with Crippen LogP contribution < -0.4 is 5.32 Å². The number of unbranched alkanes of at least 4 members (excludes halogenated alkanes) is 5. The van der Waals surface area contributed by atoms with Crippen molar-refractivity contribution in [2.24, 2.45) is 0 Å². The second-order valence-corrected chi connectivity index (χ2v) is 8.24. The van der Waals surface area contributed by atoms with Crippen LogP contribution in [0.15, 0.2) is 6.07 Å². The molecule has 0 heterocycles. The van der Waals surface area contributed by atoms with Crippen molar-refractivity contribution in [3.05, 3.63) is 28.3 Å². The topological polar surface area (TPSA) is 49.3 Å². The molecular weight excluding hydrogens is 310 g/mol. The predicted molar refractivity (Wildman–Crippen MR) is 106 cm³/mol. The van der Waals surface area contributed by atoms with Gasteiger partial charge in [-0.1, -0.05) is 65.9 Å². The molecule has 1 aromatic rings. The number of phenols is 1. The van der Waals surface area contributed by atoms with Crippen LogP contribution in [-0.4, -0.2) is 17.6 Å². The van der Waals surface area contributed by atoms with Gasteiger partial charge in [0.25, 0.3) is 0 Å². The van der Waals surface area contributed by atoms with Crippen molar-refractivity contribution in [3.63, 3.8) is 0 Å². The molecule has 0 atom stereocenters. The first-order chi connectivity index (χ1) is 11.7. The molecule has 0 aliphatic carbocycles. The van der Waals surface area contributed by atoms with Crippen LogP contribution >= 0.6 is 0 Å². The number of hydrogen-bond acceptors (Lipinski definition) is 2. The van der Waals surface area contributed by atoms with E-state index in [9.17, 15) is 9.90 Å². The van der Waals surface area contributed by atoms with Gasteiger partial charge in [0, 0.05) is 6.54 Å². The van der Waals surface area contributed by atoms with Gasteiger partial charge in [0.15, 0.2) is 0 Å². The van der Waals surface area contributed by atoms with E-state index in [2.05, 4.69) is 33.0 Å². The summed E-state index contributed by atoms with van der Waals surface area (Å²) >= 11 is 0. The van der Waals surface area contributed by atoms with E-state index >= 15 is 0 Å². The van der Waals surface area contributed by atoms with Crippen LogP contribution in [0.5, 0.6) is 5.75 Å². The van der Waals surface area contributed by atoms with Crippen molar-refractivity contribution in [2.45, 2.75) is 91.9 Å². The van der Waals surface area contributed by atoms with Crippen LogP contribution in [0.2, 0.25) is 0 Å². The molecule has 3 heteroatoms. The fraction of sp³-hybridized carbons (Fsp3) is 0.682. The Labute approximate surface area is 154 Å². The largest absolute Gasteiger partial charge is 0.507 e. The zero-order chi connectivity index (χ0) is 19.0. The highest BCUT2D eigenvalue weighted by molar-refractivity contribution is 5.79. The standard InChI is InChI=1S/C22H37NO2/c1-7-8-9-10-11-12-13-23-20(24)15-18-16(2)14-19(22(4,5)6)21(25)17(18)3/h14,25H,7-13,15H2,1-6H3,(H,23,24). The van der Waals surface area contributed by atoms with Crippen LogP contribution in [0, 0.1) is 13.8 Å². The lowest BCUT2D eigenvalue weighted by Gasteiger charge is -2.24. The maximum atomic E-state index is 12.3. The molecule has 0 aliphatic heterocycles. The van der Waals surface area contributed by atoms with E-state index in [4.69, 9.17) is 0 Å². The molecule has 0 radical (unpaired) electrons. The third-order valence-electron chi connectivity index (χ3n) is 4.90. The molecule has 1 rings (SSSR count). The molecule has 0 spiro atoms. The molecule has 142 valence electrons. The van der Waals surface area contributed by atoms with Crippen molar-refractivity contribution in [3.8, 4) is 5.75 Å². The first-order valence-corrected chi connectivity index (χ1v) is 9.77. The molecule has 0 bridgehead atoms. The number of nitrogens with one attached hydrogen (secondary N) is 1. The molecule has 1 aromatic carbocycles. The number of aryl methyl sites for hydroxylation is 1. The molecule has 0 saturated heterocycles. The second-order valence-electron chi connectivity index (χ2n) is 8.24. The molecule has 0 aliphatic rings. The molecule has 3 nitrogen and oxygen atoms in total. The summed E-state index contributed by atoms with van der Waals surface area (Å²) in [4.78, 5) is 12.3. The van der Waals surface area contributed by atoms with E-state index in [1.165, 1.54) is 32.1 Å². The summed E-state index contributed by atoms with van der Waals surface area (Å²) in [6, 6.07) is 2.03. The zero-order valence-electron chi connectivity index (χ0n) is 17.1. The van der Waals surface area contributed by atoms with Gasteiger partial charge in [0.2, 0.25) is 5.91 Å². The second kappa shape index (κ2) is 9.84. The van der Waals surface area contributed by atoms with E-state index in [0.29, 0.717) is 12.2 Å². The van der Waals surface area contributed by atoms with Crippen molar-refractivity contribution < 1.29 is 9.90 Å². The summed E-state index contributed by atoms with van der Waals surface area (Å²) in [5.41, 5.74) is 3.69. The minimum absolute atomic E-state index is 0.0441. The van der Waals surface area contributed by atoms with Crippen molar-refractivity contribution in [1.29, 1.82) is 0 Å². The summed E-state index contributed by atoms with van der Waals surface area (Å²) in [7, 11) is 0. The number of benzene rings is 1. The lowest BCUT2D eigenvalue weighted by Crippen LogP contribution is -2.27. The SMILES string of the molecule is CCCCCCCCNC(=O)Cc1c(C)cc(C(C)(C)C)c(O)c1C. The predicted octanol–water partition coefficient (Wildman–Crippen LogP) is 5.33. The molecule has 0 unspecified atom stereocenters. The van der Waals surface area contributed by atoms with E-state index in [1.807, 2.05) is 19.9 Å². The van der Waals surface area contributed by atoms with Gasteiger partial charge in [-0.15, -0.1) is 0 Å². The Morgan fingerprint density at radius 3 is 2.28 bits per heavy atom. The Morgan fingerprint density at radius 1 is 1.08 bits per heavy atom. The van der Waals surface area contributed by atoms with Gasteiger partial charge in [0.1, 0.15) is 5.75 Å². The minimum Gasteiger partial charge on any atom is -0.507 e. The number of carbonyl (C=O) groups excluding carboxylic acids is 1. The highest BCUT2D eigenvalue weighted by Gasteiger charge is 2.22. The summed E-state index contributed by atoms with van der Waals surface area (Å²) in [6.07, 6.45) is 7.67. The van der Waals surface area contributed by atoms with Crippen molar-refractivity contribution in [2.75, 3.05) is 6.54 Å². The summed E-state index contributed by atoms with van der Waals surface area (Å²) in [5.74, 6) is 0.375. The Bertz CT molecular complexity index is 570.